The molecule has 0 N–H and O–H groups in total. The second-order valence-corrected chi connectivity index (χ2v) is 11.9. The molecular weight excluding hydrogens is 502 g/mol. The van der Waals surface area contributed by atoms with Crippen LogP contribution in [0.15, 0.2) is 120 Å². The Morgan fingerprint density at radius 1 is 0.667 bits per heavy atom. The van der Waals surface area contributed by atoms with Gasteiger partial charge >= 0.3 is 12.4 Å². The van der Waals surface area contributed by atoms with Crippen LogP contribution < -0.4 is 20.5 Å². The Bertz CT molecular complexity index is 1360. The van der Waals surface area contributed by atoms with Crippen molar-refractivity contribution in [3.05, 3.63) is 115 Å². The number of halogens is 4. The van der Waals surface area contributed by atoms with Crippen molar-refractivity contribution in [2.45, 2.75) is 13.5 Å². The number of thiazole rings is 1. The molecule has 1 heterocycles. The summed E-state index contributed by atoms with van der Waals surface area (Å²) in [5.41, 5.74) is 1.25. The van der Waals surface area contributed by atoms with Crippen LogP contribution in [0.2, 0.25) is 0 Å². The number of aromatic nitrogens is 1. The minimum atomic E-state index is -6.00. The monoisotopic (exact) mass is 526 g/mol. The van der Waals surface area contributed by atoms with Gasteiger partial charge in [0.2, 0.25) is 0 Å². The zero-order chi connectivity index (χ0) is 25.6. The third-order valence-electron chi connectivity index (χ3n) is 5.53. The fourth-order valence-corrected chi connectivity index (χ4v) is 8.99. The average Bonchev–Trinajstić information content (AvgIpc) is 3.25. The van der Waals surface area contributed by atoms with Gasteiger partial charge in [-0.3, -0.25) is 0 Å². The average molecular weight is 526 g/mol. The molecule has 0 saturated carbocycles. The largest absolute Gasteiger partial charge is 0.673 e. The number of benzene rings is 4. The first-order valence-electron chi connectivity index (χ1n) is 11.4. The van der Waals surface area contributed by atoms with Crippen LogP contribution in [0.1, 0.15) is 6.92 Å². The molecule has 2 nitrogen and oxygen atoms in total. The van der Waals surface area contributed by atoms with Crippen molar-refractivity contribution in [3.63, 3.8) is 0 Å². The van der Waals surface area contributed by atoms with Crippen LogP contribution in [0.25, 0.3) is 10.2 Å². The Labute approximate surface area is 212 Å². The molecule has 4 aromatic carbocycles. The van der Waals surface area contributed by atoms with Crippen molar-refractivity contribution in [1.82, 2.24) is 0 Å². The summed E-state index contributed by atoms with van der Waals surface area (Å²) in [5.74, 6) is 0. The fraction of sp³-hybridized carbons (Fsp3) is 0.0741. The molecule has 36 heavy (non-hydrogen) atoms. The van der Waals surface area contributed by atoms with Gasteiger partial charge in [-0.2, -0.15) is 0 Å². The van der Waals surface area contributed by atoms with Gasteiger partial charge in [0.1, 0.15) is 5.52 Å². The zero-order valence-corrected chi connectivity index (χ0v) is 21.2. The van der Waals surface area contributed by atoms with Crippen LogP contribution >= 0.6 is 18.4 Å². The van der Waals surface area contributed by atoms with Crippen LogP contribution in [-0.2, 0) is 6.54 Å². The first-order chi connectivity index (χ1) is 17.3. The van der Waals surface area contributed by atoms with Crippen LogP contribution in [0.4, 0.5) is 22.4 Å². The van der Waals surface area contributed by atoms with E-state index >= 15 is 0 Å². The van der Waals surface area contributed by atoms with E-state index in [9.17, 15) is 17.3 Å². The molecule has 0 fully saturated rings. The third-order valence-corrected chi connectivity index (χ3v) is 10.4. The highest BCUT2D eigenvalue weighted by Gasteiger charge is 2.35. The van der Waals surface area contributed by atoms with Gasteiger partial charge in [0, 0.05) is 15.9 Å². The first kappa shape index (κ1) is 25.9. The molecule has 0 aliphatic carbocycles. The van der Waals surface area contributed by atoms with Gasteiger partial charge in [-0.1, -0.05) is 103 Å². The normalized spacial score (nSPS) is 11.6. The van der Waals surface area contributed by atoms with Gasteiger partial charge < -0.3 is 17.3 Å². The van der Waals surface area contributed by atoms with Crippen molar-refractivity contribution in [3.8, 4) is 0 Å². The molecule has 0 amide bonds. The molecule has 9 heteroatoms. The highest BCUT2D eigenvalue weighted by molar-refractivity contribution is 7.87. The van der Waals surface area contributed by atoms with Gasteiger partial charge in [0.15, 0.2) is 7.05 Å². The lowest BCUT2D eigenvalue weighted by Gasteiger charge is -2.21. The van der Waals surface area contributed by atoms with Crippen molar-refractivity contribution < 1.29 is 21.8 Å². The van der Waals surface area contributed by atoms with E-state index in [-0.39, 0.29) is 0 Å². The number of hydrogen-bond donors (Lipinski definition) is 0. The molecule has 0 atom stereocenters. The van der Waals surface area contributed by atoms with E-state index in [1.807, 2.05) is 0 Å². The summed E-state index contributed by atoms with van der Waals surface area (Å²) >= 11 is 1.78. The number of nitrogens with zero attached hydrogens (tertiary/aromatic N) is 2. The van der Waals surface area contributed by atoms with Gasteiger partial charge in [-0.15, -0.1) is 0 Å². The maximum absolute atomic E-state index is 9.75. The van der Waals surface area contributed by atoms with Crippen LogP contribution in [0, 0.1) is 0 Å². The van der Waals surface area contributed by atoms with Crippen LogP contribution in [0.3, 0.4) is 0 Å². The molecule has 0 spiro atoms. The topological polar surface area (TPSA) is 16.2 Å². The number of para-hydroxylation sites is 1. The van der Waals surface area contributed by atoms with Crippen LogP contribution in [-0.4, -0.2) is 7.25 Å². The first-order valence-corrected chi connectivity index (χ1v) is 14.0. The lowest BCUT2D eigenvalue weighted by Crippen LogP contribution is -2.31. The zero-order valence-electron chi connectivity index (χ0n) is 19.5. The van der Waals surface area contributed by atoms with E-state index in [4.69, 9.17) is 4.74 Å². The van der Waals surface area contributed by atoms with Gasteiger partial charge in [-0.25, -0.2) is 4.57 Å². The molecule has 1 aromatic heterocycles. The van der Waals surface area contributed by atoms with Crippen molar-refractivity contribution >= 4 is 56.9 Å². The van der Waals surface area contributed by atoms with E-state index in [1.165, 1.54) is 26.1 Å². The Morgan fingerprint density at radius 2 is 1.06 bits per heavy atom. The summed E-state index contributed by atoms with van der Waals surface area (Å²) in [7, 11) is -8.26. The second-order valence-electron chi connectivity index (χ2n) is 7.83. The van der Waals surface area contributed by atoms with E-state index in [1.54, 1.807) is 11.3 Å². The standard InChI is InChI=1S/C27H24N2PS.BF4/c1-2-29-25-20-12-13-21-26(25)31-27(29)28-30(22-14-6-3-7-15-22,23-16-8-4-9-17-23)24-18-10-5-11-19-24;2-1(3,4)5/h3-21H,2H2,1H3;/q+1;-1. The Balaban J connectivity index is 0.000000556. The molecule has 5 rings (SSSR count). The molecule has 5 aromatic rings. The summed E-state index contributed by atoms with van der Waals surface area (Å²) < 4.78 is 48.3. The molecule has 0 aliphatic heterocycles. The maximum Gasteiger partial charge on any atom is 0.673 e. The van der Waals surface area contributed by atoms with Gasteiger partial charge in [-0.05, 0) is 35.1 Å². The van der Waals surface area contributed by atoms with Crippen molar-refractivity contribution in [2.24, 2.45) is 4.74 Å². The Kier molecular flexibility index (Phi) is 8.07. The van der Waals surface area contributed by atoms with E-state index < -0.39 is 14.3 Å². The smallest absolute Gasteiger partial charge is 0.418 e. The SMILES string of the molecule is CC[n+]1c(N=P(c2ccccc2)(c2ccccc2)c2ccccc2)sc2ccccc21.F[B-](F)(F)F. The summed E-state index contributed by atoms with van der Waals surface area (Å²) in [4.78, 5) is 0. The molecule has 184 valence electrons. The van der Waals surface area contributed by atoms with Gasteiger partial charge in [0.25, 0.3) is 0 Å². The predicted molar refractivity (Wildman–Crippen MR) is 145 cm³/mol. The maximum atomic E-state index is 9.75. The van der Waals surface area contributed by atoms with E-state index in [0.29, 0.717) is 0 Å². The van der Waals surface area contributed by atoms with Gasteiger partial charge in [0.05, 0.1) is 11.2 Å². The Hall–Kier alpha value is -3.22. The molecule has 0 unspecified atom stereocenters. The lowest BCUT2D eigenvalue weighted by molar-refractivity contribution is -0.651. The summed E-state index contributed by atoms with van der Waals surface area (Å²) in [5, 5.41) is 4.89. The fourth-order valence-electron chi connectivity index (χ4n) is 4.08. The molecule has 0 bridgehead atoms. The predicted octanol–water partition coefficient (Wildman–Crippen LogP) is 7.32. The second kappa shape index (κ2) is 11.2. The number of rotatable bonds is 5. The van der Waals surface area contributed by atoms with E-state index in [2.05, 4.69) is 127 Å². The summed E-state index contributed by atoms with van der Waals surface area (Å²) in [6.45, 7) is 3.09. The number of hydrogen-bond acceptors (Lipinski definition) is 2. The highest BCUT2D eigenvalue weighted by Crippen LogP contribution is 2.49. The van der Waals surface area contributed by atoms with E-state index in [0.717, 1.165) is 11.7 Å². The molecule has 0 aliphatic rings. The summed E-state index contributed by atoms with van der Waals surface area (Å²) in [6.07, 6.45) is 0. The van der Waals surface area contributed by atoms with Crippen molar-refractivity contribution in [2.75, 3.05) is 0 Å². The summed E-state index contributed by atoms with van der Waals surface area (Å²) in [6, 6.07) is 41.1. The highest BCUT2D eigenvalue weighted by atomic mass is 32.1. The molecule has 0 saturated heterocycles. The van der Waals surface area contributed by atoms with Crippen LogP contribution in [0.5, 0.6) is 0 Å². The Morgan fingerprint density at radius 3 is 1.47 bits per heavy atom. The minimum Gasteiger partial charge on any atom is -0.418 e. The number of aryl methyl sites for hydroxylation is 1. The third kappa shape index (κ3) is 5.77. The minimum absolute atomic E-state index is 0.890. The quantitative estimate of drug-likeness (QED) is 0.0988. The number of fused-ring (bicyclic) bond motifs is 1. The molecular formula is C27H24BF4N2PS. The van der Waals surface area contributed by atoms with Crippen molar-refractivity contribution in [1.29, 1.82) is 0 Å². The molecule has 0 radical (unpaired) electrons. The lowest BCUT2D eigenvalue weighted by atomic mass is 10.3.